The molecule has 0 saturated heterocycles. The van der Waals surface area contributed by atoms with E-state index in [1.165, 1.54) is 6.07 Å². The van der Waals surface area contributed by atoms with Crippen molar-refractivity contribution >= 4 is 27.3 Å². The van der Waals surface area contributed by atoms with Gasteiger partial charge in [-0.2, -0.15) is 5.26 Å². The van der Waals surface area contributed by atoms with Crippen molar-refractivity contribution in [3.8, 4) is 6.07 Å². The molecule has 28 heavy (non-hydrogen) atoms. The zero-order valence-corrected chi connectivity index (χ0v) is 16.0. The normalized spacial score (nSPS) is 10.9. The molecule has 0 bridgehead atoms. The summed E-state index contributed by atoms with van der Waals surface area (Å²) in [6, 6.07) is 11.7. The molecule has 0 spiro atoms. The SMILES string of the molecule is CS(=O)(=O)N(CCCC(=O)Nc1ccc(CC#N)cc1)c1ccc(F)c(F)c1. The standard InChI is InChI=1S/C19H19F2N3O3S/c1-28(26,27)24(16-8-9-17(20)18(21)13-16)12-2-3-19(25)23-15-6-4-14(5-7-15)10-11-22/h4-9,13H,2-3,10,12H2,1H3,(H,23,25). The van der Waals surface area contributed by atoms with Crippen molar-refractivity contribution in [3.05, 3.63) is 59.7 Å². The number of hydrogen-bond donors (Lipinski definition) is 1. The Morgan fingerprint density at radius 3 is 2.39 bits per heavy atom. The smallest absolute Gasteiger partial charge is 0.232 e. The number of nitriles is 1. The topological polar surface area (TPSA) is 90.3 Å². The van der Waals surface area contributed by atoms with Gasteiger partial charge in [0.1, 0.15) is 0 Å². The monoisotopic (exact) mass is 407 g/mol. The summed E-state index contributed by atoms with van der Waals surface area (Å²) in [5.74, 6) is -2.53. The molecule has 0 aliphatic rings. The third-order valence-electron chi connectivity index (χ3n) is 3.88. The molecule has 0 aliphatic heterocycles. The molecule has 2 aromatic carbocycles. The highest BCUT2D eigenvalue weighted by Crippen LogP contribution is 2.21. The second kappa shape index (κ2) is 9.28. The van der Waals surface area contributed by atoms with Crippen LogP contribution in [0, 0.1) is 23.0 Å². The van der Waals surface area contributed by atoms with Gasteiger partial charge in [0.15, 0.2) is 11.6 Å². The number of benzene rings is 2. The van der Waals surface area contributed by atoms with Gasteiger partial charge in [0.2, 0.25) is 15.9 Å². The Bertz CT molecular complexity index is 986. The molecular weight excluding hydrogens is 388 g/mol. The van der Waals surface area contributed by atoms with Gasteiger partial charge in [0.25, 0.3) is 0 Å². The molecule has 0 radical (unpaired) electrons. The summed E-state index contributed by atoms with van der Waals surface area (Å²) in [5.41, 5.74) is 1.39. The number of anilines is 2. The third-order valence-corrected chi connectivity index (χ3v) is 5.07. The molecule has 2 rings (SSSR count). The van der Waals surface area contributed by atoms with E-state index in [0.717, 1.165) is 28.3 Å². The minimum Gasteiger partial charge on any atom is -0.326 e. The Morgan fingerprint density at radius 1 is 1.14 bits per heavy atom. The first kappa shape index (κ1) is 21.3. The molecule has 0 aliphatic carbocycles. The highest BCUT2D eigenvalue weighted by Gasteiger charge is 2.19. The summed E-state index contributed by atoms with van der Waals surface area (Å²) in [5, 5.41) is 11.3. The van der Waals surface area contributed by atoms with Crippen LogP contribution in [0.4, 0.5) is 20.2 Å². The van der Waals surface area contributed by atoms with Crippen LogP contribution >= 0.6 is 0 Å². The van der Waals surface area contributed by atoms with E-state index in [0.29, 0.717) is 5.69 Å². The van der Waals surface area contributed by atoms with Crippen LogP contribution in [0.5, 0.6) is 0 Å². The molecule has 2 aromatic rings. The highest BCUT2D eigenvalue weighted by molar-refractivity contribution is 7.92. The average Bonchev–Trinajstić information content (AvgIpc) is 2.62. The number of amides is 1. The lowest BCUT2D eigenvalue weighted by Gasteiger charge is -2.22. The summed E-state index contributed by atoms with van der Waals surface area (Å²) in [6.07, 6.45) is 1.46. The molecule has 0 heterocycles. The molecule has 1 amide bonds. The van der Waals surface area contributed by atoms with Crippen LogP contribution < -0.4 is 9.62 Å². The fourth-order valence-electron chi connectivity index (χ4n) is 2.53. The largest absolute Gasteiger partial charge is 0.326 e. The van der Waals surface area contributed by atoms with E-state index in [1.54, 1.807) is 24.3 Å². The molecule has 6 nitrogen and oxygen atoms in total. The maximum absolute atomic E-state index is 13.4. The summed E-state index contributed by atoms with van der Waals surface area (Å²) < 4.78 is 51.4. The molecule has 0 unspecified atom stereocenters. The van der Waals surface area contributed by atoms with E-state index >= 15 is 0 Å². The number of halogens is 2. The Balaban J connectivity index is 1.95. The fourth-order valence-corrected chi connectivity index (χ4v) is 3.49. The number of carbonyl (C=O) groups excluding carboxylic acids is 1. The fraction of sp³-hybridized carbons (Fsp3) is 0.263. The Labute approximate surface area is 162 Å². The summed E-state index contributed by atoms with van der Waals surface area (Å²) >= 11 is 0. The maximum Gasteiger partial charge on any atom is 0.232 e. The van der Waals surface area contributed by atoms with Gasteiger partial charge in [-0.25, -0.2) is 17.2 Å². The predicted octanol–water partition coefficient (Wildman–Crippen LogP) is 3.22. The molecule has 0 saturated carbocycles. The van der Waals surface area contributed by atoms with Crippen LogP contribution in [-0.4, -0.2) is 27.1 Å². The third kappa shape index (κ3) is 6.03. The van der Waals surface area contributed by atoms with E-state index < -0.39 is 21.7 Å². The van der Waals surface area contributed by atoms with Crippen molar-refractivity contribution in [2.75, 3.05) is 22.4 Å². The van der Waals surface area contributed by atoms with Gasteiger partial charge in [-0.15, -0.1) is 0 Å². The quantitative estimate of drug-likeness (QED) is 0.728. The first-order chi connectivity index (χ1) is 13.2. The summed E-state index contributed by atoms with van der Waals surface area (Å²) in [7, 11) is -3.73. The van der Waals surface area contributed by atoms with Crippen molar-refractivity contribution < 1.29 is 22.0 Å². The van der Waals surface area contributed by atoms with Gasteiger partial charge in [-0.3, -0.25) is 9.10 Å². The van der Waals surface area contributed by atoms with Gasteiger partial charge < -0.3 is 5.32 Å². The Hall–Kier alpha value is -2.99. The van der Waals surface area contributed by atoms with Crippen LogP contribution in [-0.2, 0) is 21.2 Å². The molecule has 9 heteroatoms. The summed E-state index contributed by atoms with van der Waals surface area (Å²) in [4.78, 5) is 12.0. The lowest BCUT2D eigenvalue weighted by Crippen LogP contribution is -2.31. The highest BCUT2D eigenvalue weighted by atomic mass is 32.2. The van der Waals surface area contributed by atoms with E-state index in [1.807, 2.05) is 6.07 Å². The number of sulfonamides is 1. The van der Waals surface area contributed by atoms with Crippen LogP contribution in [0.3, 0.4) is 0 Å². The first-order valence-electron chi connectivity index (χ1n) is 8.39. The van der Waals surface area contributed by atoms with Crippen molar-refractivity contribution in [1.29, 1.82) is 5.26 Å². The Kier molecular flexibility index (Phi) is 7.06. The minimum absolute atomic E-state index is 0.00473. The Morgan fingerprint density at radius 2 is 1.82 bits per heavy atom. The van der Waals surface area contributed by atoms with Crippen LogP contribution in [0.15, 0.2) is 42.5 Å². The van der Waals surface area contributed by atoms with Crippen molar-refractivity contribution in [3.63, 3.8) is 0 Å². The number of nitrogens with zero attached hydrogens (tertiary/aromatic N) is 2. The second-order valence-corrected chi connectivity index (χ2v) is 8.02. The van der Waals surface area contributed by atoms with Gasteiger partial charge in [0, 0.05) is 24.7 Å². The molecule has 0 aromatic heterocycles. The van der Waals surface area contributed by atoms with E-state index in [2.05, 4.69) is 5.32 Å². The maximum atomic E-state index is 13.4. The summed E-state index contributed by atoms with van der Waals surface area (Å²) in [6.45, 7) is -0.0571. The number of hydrogen-bond acceptors (Lipinski definition) is 4. The van der Waals surface area contributed by atoms with Gasteiger partial charge >= 0.3 is 0 Å². The van der Waals surface area contributed by atoms with Crippen molar-refractivity contribution in [2.45, 2.75) is 19.3 Å². The molecule has 0 fully saturated rings. The van der Waals surface area contributed by atoms with Gasteiger partial charge in [-0.1, -0.05) is 12.1 Å². The van der Waals surface area contributed by atoms with Gasteiger partial charge in [-0.05, 0) is 36.2 Å². The van der Waals surface area contributed by atoms with Crippen LogP contribution in [0.1, 0.15) is 18.4 Å². The average molecular weight is 407 g/mol. The minimum atomic E-state index is -3.73. The van der Waals surface area contributed by atoms with E-state index in [-0.39, 0.29) is 37.4 Å². The number of nitrogens with one attached hydrogen (secondary N) is 1. The molecular formula is C19H19F2N3O3S. The molecule has 1 N–H and O–H groups in total. The second-order valence-electron chi connectivity index (χ2n) is 6.12. The van der Waals surface area contributed by atoms with E-state index in [9.17, 15) is 22.0 Å². The van der Waals surface area contributed by atoms with Gasteiger partial charge in [0.05, 0.1) is 24.4 Å². The lowest BCUT2D eigenvalue weighted by molar-refractivity contribution is -0.116. The van der Waals surface area contributed by atoms with Crippen molar-refractivity contribution in [2.24, 2.45) is 0 Å². The van der Waals surface area contributed by atoms with Crippen LogP contribution in [0.2, 0.25) is 0 Å². The number of carbonyl (C=O) groups is 1. The zero-order valence-electron chi connectivity index (χ0n) is 15.2. The number of rotatable bonds is 8. The van der Waals surface area contributed by atoms with Crippen LogP contribution in [0.25, 0.3) is 0 Å². The predicted molar refractivity (Wildman–Crippen MR) is 102 cm³/mol. The molecule has 148 valence electrons. The lowest BCUT2D eigenvalue weighted by atomic mass is 10.1. The first-order valence-corrected chi connectivity index (χ1v) is 10.2. The van der Waals surface area contributed by atoms with Crippen molar-refractivity contribution in [1.82, 2.24) is 0 Å². The van der Waals surface area contributed by atoms with E-state index in [4.69, 9.17) is 5.26 Å². The molecule has 0 atom stereocenters. The zero-order chi connectivity index (χ0) is 20.7.